The minimum Gasteiger partial charge on any atom is -0.490 e. The molecule has 0 spiro atoms. The molecule has 0 bridgehead atoms. The van der Waals surface area contributed by atoms with E-state index in [2.05, 4.69) is 51.2 Å². The molecule has 4 heteroatoms. The third-order valence-corrected chi connectivity index (χ3v) is 5.62. The minimum absolute atomic E-state index is 0.374. The second kappa shape index (κ2) is 5.43. The standard InChI is InChI=1S/C14H18BrNOS/c1-16-12-7-13(9-4-5-18-8-9)17-14-6-10(15)2-3-11(12)14/h2-3,6,9,12-13,16H,4-5,7-8H2,1H3. The third-order valence-electron chi connectivity index (χ3n) is 3.94. The first kappa shape index (κ1) is 12.8. The first-order valence-electron chi connectivity index (χ1n) is 6.49. The van der Waals surface area contributed by atoms with Gasteiger partial charge in [-0.15, -0.1) is 0 Å². The summed E-state index contributed by atoms with van der Waals surface area (Å²) in [5.41, 5.74) is 1.29. The normalized spacial score (nSPS) is 30.9. The monoisotopic (exact) mass is 327 g/mol. The molecule has 0 aromatic heterocycles. The summed E-state index contributed by atoms with van der Waals surface area (Å²) < 4.78 is 7.34. The molecular weight excluding hydrogens is 310 g/mol. The average molecular weight is 328 g/mol. The highest BCUT2D eigenvalue weighted by atomic mass is 79.9. The van der Waals surface area contributed by atoms with E-state index in [1.807, 2.05) is 7.05 Å². The lowest BCUT2D eigenvalue weighted by Gasteiger charge is -2.35. The van der Waals surface area contributed by atoms with Gasteiger partial charge in [0.2, 0.25) is 0 Å². The number of halogens is 1. The maximum absolute atomic E-state index is 6.25. The molecule has 0 amide bonds. The SMILES string of the molecule is CNC1CC(C2CCSC2)Oc2cc(Br)ccc21. The highest BCUT2D eigenvalue weighted by Crippen LogP contribution is 2.41. The van der Waals surface area contributed by atoms with Crippen LogP contribution >= 0.6 is 27.7 Å². The quantitative estimate of drug-likeness (QED) is 0.896. The van der Waals surface area contributed by atoms with Crippen LogP contribution in [0.4, 0.5) is 0 Å². The van der Waals surface area contributed by atoms with Crippen molar-refractivity contribution in [3.05, 3.63) is 28.2 Å². The van der Waals surface area contributed by atoms with E-state index in [0.717, 1.165) is 22.6 Å². The van der Waals surface area contributed by atoms with E-state index in [4.69, 9.17) is 4.74 Å². The van der Waals surface area contributed by atoms with Crippen LogP contribution < -0.4 is 10.1 Å². The molecule has 0 saturated carbocycles. The van der Waals surface area contributed by atoms with E-state index >= 15 is 0 Å². The number of thioether (sulfide) groups is 1. The zero-order valence-electron chi connectivity index (χ0n) is 10.5. The lowest BCUT2D eigenvalue weighted by molar-refractivity contribution is 0.104. The Hall–Kier alpha value is -0.190. The van der Waals surface area contributed by atoms with Crippen molar-refractivity contribution in [1.29, 1.82) is 0 Å². The van der Waals surface area contributed by atoms with Crippen molar-refractivity contribution in [3.63, 3.8) is 0 Å². The molecule has 1 aromatic rings. The molecular formula is C14H18BrNOS. The number of rotatable bonds is 2. The number of nitrogens with one attached hydrogen (secondary N) is 1. The van der Waals surface area contributed by atoms with Gasteiger partial charge >= 0.3 is 0 Å². The van der Waals surface area contributed by atoms with Crippen LogP contribution in [0.15, 0.2) is 22.7 Å². The van der Waals surface area contributed by atoms with Crippen LogP contribution in [-0.4, -0.2) is 24.7 Å². The maximum atomic E-state index is 6.25. The van der Waals surface area contributed by atoms with Crippen LogP contribution in [0.5, 0.6) is 5.75 Å². The number of ether oxygens (including phenoxy) is 1. The smallest absolute Gasteiger partial charge is 0.125 e. The summed E-state index contributed by atoms with van der Waals surface area (Å²) in [4.78, 5) is 0. The molecule has 3 unspecified atom stereocenters. The Bertz CT molecular complexity index is 434. The number of hydrogen-bond donors (Lipinski definition) is 1. The van der Waals surface area contributed by atoms with Gasteiger partial charge < -0.3 is 10.1 Å². The van der Waals surface area contributed by atoms with Crippen molar-refractivity contribution in [3.8, 4) is 5.75 Å². The van der Waals surface area contributed by atoms with Crippen LogP contribution in [0.1, 0.15) is 24.4 Å². The van der Waals surface area contributed by atoms with Gasteiger partial charge in [0.25, 0.3) is 0 Å². The van der Waals surface area contributed by atoms with Gasteiger partial charge in [-0.1, -0.05) is 22.0 Å². The number of hydrogen-bond acceptors (Lipinski definition) is 3. The molecule has 2 aliphatic rings. The minimum atomic E-state index is 0.374. The molecule has 1 N–H and O–H groups in total. The van der Waals surface area contributed by atoms with E-state index in [1.54, 1.807) is 0 Å². The highest BCUT2D eigenvalue weighted by Gasteiger charge is 2.34. The predicted octanol–water partition coefficient (Wildman–Crippen LogP) is 3.61. The van der Waals surface area contributed by atoms with E-state index in [0.29, 0.717) is 12.1 Å². The van der Waals surface area contributed by atoms with Crippen molar-refractivity contribution in [2.24, 2.45) is 5.92 Å². The van der Waals surface area contributed by atoms with Gasteiger partial charge in [0.1, 0.15) is 11.9 Å². The molecule has 18 heavy (non-hydrogen) atoms. The summed E-state index contributed by atoms with van der Waals surface area (Å²) in [7, 11) is 2.04. The predicted molar refractivity (Wildman–Crippen MR) is 80.4 cm³/mol. The molecule has 1 aromatic carbocycles. The zero-order chi connectivity index (χ0) is 12.5. The lowest BCUT2D eigenvalue weighted by Crippen LogP contribution is -2.36. The summed E-state index contributed by atoms with van der Waals surface area (Å²) in [6, 6.07) is 6.80. The van der Waals surface area contributed by atoms with Crippen LogP contribution in [0.2, 0.25) is 0 Å². The first-order valence-corrected chi connectivity index (χ1v) is 8.44. The molecule has 0 radical (unpaired) electrons. The Morgan fingerprint density at radius 3 is 3.06 bits per heavy atom. The molecule has 2 heterocycles. The molecule has 3 atom stereocenters. The Balaban J connectivity index is 1.87. The fourth-order valence-corrected chi connectivity index (χ4v) is 4.54. The molecule has 0 aliphatic carbocycles. The molecule has 2 nitrogen and oxygen atoms in total. The highest BCUT2D eigenvalue weighted by molar-refractivity contribution is 9.10. The van der Waals surface area contributed by atoms with Gasteiger partial charge in [0.05, 0.1) is 0 Å². The molecule has 1 saturated heterocycles. The largest absolute Gasteiger partial charge is 0.490 e. The van der Waals surface area contributed by atoms with Crippen molar-refractivity contribution in [2.75, 3.05) is 18.6 Å². The fraction of sp³-hybridized carbons (Fsp3) is 0.571. The Labute approximate surface area is 121 Å². The van der Waals surface area contributed by atoms with Crippen molar-refractivity contribution >= 4 is 27.7 Å². The second-order valence-electron chi connectivity index (χ2n) is 5.04. The van der Waals surface area contributed by atoms with Gasteiger partial charge in [0, 0.05) is 28.4 Å². The number of fused-ring (bicyclic) bond motifs is 1. The zero-order valence-corrected chi connectivity index (χ0v) is 12.9. The summed E-state index contributed by atoms with van der Waals surface area (Å²) >= 11 is 5.59. The lowest BCUT2D eigenvalue weighted by atomic mass is 9.89. The van der Waals surface area contributed by atoms with E-state index in [9.17, 15) is 0 Å². The topological polar surface area (TPSA) is 21.3 Å². The molecule has 2 aliphatic heterocycles. The average Bonchev–Trinajstić information content (AvgIpc) is 2.90. The van der Waals surface area contributed by atoms with Crippen LogP contribution in [-0.2, 0) is 0 Å². The molecule has 1 fully saturated rings. The van der Waals surface area contributed by atoms with Crippen molar-refractivity contribution < 1.29 is 4.74 Å². The van der Waals surface area contributed by atoms with Gasteiger partial charge in [-0.3, -0.25) is 0 Å². The van der Waals surface area contributed by atoms with Crippen LogP contribution in [0, 0.1) is 5.92 Å². The first-order chi connectivity index (χ1) is 8.78. The Kier molecular flexibility index (Phi) is 3.87. The van der Waals surface area contributed by atoms with E-state index in [1.165, 1.54) is 23.5 Å². The molecule has 3 rings (SSSR count). The molecule has 98 valence electrons. The fourth-order valence-electron chi connectivity index (χ4n) is 2.88. The van der Waals surface area contributed by atoms with Crippen molar-refractivity contribution in [1.82, 2.24) is 5.32 Å². The van der Waals surface area contributed by atoms with Gasteiger partial charge in [-0.25, -0.2) is 0 Å². The second-order valence-corrected chi connectivity index (χ2v) is 7.10. The summed E-state index contributed by atoms with van der Waals surface area (Å²) in [6.07, 6.45) is 2.77. The van der Waals surface area contributed by atoms with Gasteiger partial charge in [-0.05, 0) is 37.1 Å². The number of benzene rings is 1. The summed E-state index contributed by atoms with van der Waals surface area (Å²) in [5.74, 6) is 4.32. The van der Waals surface area contributed by atoms with Crippen LogP contribution in [0.25, 0.3) is 0 Å². The third kappa shape index (κ3) is 2.43. The maximum Gasteiger partial charge on any atom is 0.125 e. The van der Waals surface area contributed by atoms with Gasteiger partial charge in [-0.2, -0.15) is 11.8 Å². The van der Waals surface area contributed by atoms with E-state index in [-0.39, 0.29) is 0 Å². The van der Waals surface area contributed by atoms with Gasteiger partial charge in [0.15, 0.2) is 0 Å². The van der Waals surface area contributed by atoms with Crippen molar-refractivity contribution in [2.45, 2.75) is 25.0 Å². The summed E-state index contributed by atoms with van der Waals surface area (Å²) in [6.45, 7) is 0. The Morgan fingerprint density at radius 1 is 1.44 bits per heavy atom. The van der Waals surface area contributed by atoms with Crippen LogP contribution in [0.3, 0.4) is 0 Å². The summed E-state index contributed by atoms with van der Waals surface area (Å²) in [5, 5.41) is 3.43. The Morgan fingerprint density at radius 2 is 2.33 bits per heavy atom. The van der Waals surface area contributed by atoms with E-state index < -0.39 is 0 Å².